The summed E-state index contributed by atoms with van der Waals surface area (Å²) in [6.07, 6.45) is 0. The zero-order valence-electron chi connectivity index (χ0n) is 16.4. The molecule has 1 heterocycles. The van der Waals surface area contributed by atoms with Gasteiger partial charge in [-0.1, -0.05) is 26.0 Å². The van der Waals surface area contributed by atoms with E-state index in [0.29, 0.717) is 11.4 Å². The van der Waals surface area contributed by atoms with Crippen molar-refractivity contribution in [2.24, 2.45) is 5.92 Å². The highest BCUT2D eigenvalue weighted by atomic mass is 16.6. The molecule has 0 unspecified atom stereocenters. The predicted octanol–water partition coefficient (Wildman–Crippen LogP) is 3.87. The van der Waals surface area contributed by atoms with Crippen molar-refractivity contribution in [3.63, 3.8) is 0 Å². The molecule has 0 aliphatic rings. The lowest BCUT2D eigenvalue weighted by Crippen LogP contribution is -2.18. The fraction of sp³-hybridized carbons (Fsp3) is 0.350. The van der Waals surface area contributed by atoms with E-state index in [1.165, 1.54) is 25.3 Å². The van der Waals surface area contributed by atoms with Gasteiger partial charge in [0.25, 0.3) is 5.69 Å². The SMILES string of the molecule is COC(=O)c1c(C)nc(C)c(C(=O)OCC(C)C)c1-c1ccccc1[N+](=O)[O-]. The number of nitro groups is 1. The predicted molar refractivity (Wildman–Crippen MR) is 102 cm³/mol. The highest BCUT2D eigenvalue weighted by Crippen LogP contribution is 2.37. The lowest BCUT2D eigenvalue weighted by molar-refractivity contribution is -0.384. The monoisotopic (exact) mass is 386 g/mol. The number of ether oxygens (including phenoxy) is 2. The van der Waals surface area contributed by atoms with Crippen LogP contribution in [-0.2, 0) is 9.47 Å². The number of para-hydroxylation sites is 1. The Balaban J connectivity index is 2.89. The van der Waals surface area contributed by atoms with Gasteiger partial charge in [-0.25, -0.2) is 9.59 Å². The van der Waals surface area contributed by atoms with Crippen LogP contribution in [0.4, 0.5) is 5.69 Å². The molecule has 0 radical (unpaired) electrons. The van der Waals surface area contributed by atoms with Crippen LogP contribution < -0.4 is 0 Å². The molecule has 0 bridgehead atoms. The summed E-state index contributed by atoms with van der Waals surface area (Å²) in [5.74, 6) is -1.34. The van der Waals surface area contributed by atoms with Gasteiger partial charge in [0.1, 0.15) is 0 Å². The van der Waals surface area contributed by atoms with Crippen molar-refractivity contribution in [1.82, 2.24) is 4.98 Å². The van der Waals surface area contributed by atoms with Crippen LogP contribution in [0.25, 0.3) is 11.1 Å². The molecule has 148 valence electrons. The third kappa shape index (κ3) is 4.16. The Labute approximate surface area is 162 Å². The maximum Gasteiger partial charge on any atom is 0.340 e. The molecule has 0 aliphatic carbocycles. The van der Waals surface area contributed by atoms with Crippen molar-refractivity contribution < 1.29 is 24.0 Å². The van der Waals surface area contributed by atoms with Gasteiger partial charge in [0.05, 0.1) is 46.7 Å². The lowest BCUT2D eigenvalue weighted by Gasteiger charge is -2.18. The first-order chi connectivity index (χ1) is 13.2. The molecule has 1 aromatic heterocycles. The summed E-state index contributed by atoms with van der Waals surface area (Å²) >= 11 is 0. The second-order valence-corrected chi connectivity index (χ2v) is 6.67. The Morgan fingerprint density at radius 1 is 1.11 bits per heavy atom. The zero-order valence-corrected chi connectivity index (χ0v) is 16.4. The summed E-state index contributed by atoms with van der Waals surface area (Å²) in [5.41, 5.74) is 0.608. The van der Waals surface area contributed by atoms with Crippen LogP contribution in [-0.4, -0.2) is 35.6 Å². The molecule has 8 nitrogen and oxygen atoms in total. The highest BCUT2D eigenvalue weighted by molar-refractivity contribution is 6.08. The van der Waals surface area contributed by atoms with Crippen LogP contribution in [0, 0.1) is 29.9 Å². The first-order valence-corrected chi connectivity index (χ1v) is 8.69. The summed E-state index contributed by atoms with van der Waals surface area (Å²) in [6, 6.07) is 5.90. The van der Waals surface area contributed by atoms with Crippen LogP contribution in [0.5, 0.6) is 0 Å². The molecule has 0 aliphatic heterocycles. The van der Waals surface area contributed by atoms with Gasteiger partial charge in [-0.05, 0) is 25.8 Å². The number of methoxy groups -OCH3 is 1. The number of hydrogen-bond donors (Lipinski definition) is 0. The molecular formula is C20H22N2O6. The van der Waals surface area contributed by atoms with E-state index >= 15 is 0 Å². The fourth-order valence-corrected chi connectivity index (χ4v) is 2.88. The van der Waals surface area contributed by atoms with Crippen LogP contribution in [0.3, 0.4) is 0 Å². The van der Waals surface area contributed by atoms with Crippen molar-refractivity contribution in [2.45, 2.75) is 27.7 Å². The standard InChI is InChI=1S/C20H22N2O6/c1-11(2)10-28-20(24)17-13(4)21-12(3)16(19(23)27-5)18(17)14-8-6-7-9-15(14)22(25)26/h6-9,11H,10H2,1-5H3. The number of benzene rings is 1. The summed E-state index contributed by atoms with van der Waals surface area (Å²) in [7, 11) is 1.20. The van der Waals surface area contributed by atoms with Gasteiger partial charge >= 0.3 is 11.9 Å². The first-order valence-electron chi connectivity index (χ1n) is 8.69. The van der Waals surface area contributed by atoms with E-state index < -0.39 is 16.9 Å². The van der Waals surface area contributed by atoms with E-state index in [4.69, 9.17) is 9.47 Å². The van der Waals surface area contributed by atoms with Crippen LogP contribution in [0.15, 0.2) is 24.3 Å². The molecule has 0 saturated carbocycles. The number of nitro benzene ring substituents is 1. The number of carbonyl (C=O) groups is 2. The minimum Gasteiger partial charge on any atom is -0.465 e. The zero-order chi connectivity index (χ0) is 21.0. The van der Waals surface area contributed by atoms with Crippen molar-refractivity contribution in [3.05, 3.63) is 56.9 Å². The Morgan fingerprint density at radius 3 is 2.21 bits per heavy atom. The summed E-state index contributed by atoms with van der Waals surface area (Å²) < 4.78 is 10.2. The average molecular weight is 386 g/mol. The molecule has 2 aromatic rings. The van der Waals surface area contributed by atoms with Gasteiger partial charge < -0.3 is 9.47 Å². The summed E-state index contributed by atoms with van der Waals surface area (Å²) in [5, 5.41) is 11.6. The van der Waals surface area contributed by atoms with Crippen molar-refractivity contribution in [2.75, 3.05) is 13.7 Å². The summed E-state index contributed by atoms with van der Waals surface area (Å²) in [6.45, 7) is 7.11. The minimum absolute atomic E-state index is 0.00102. The maximum atomic E-state index is 12.8. The van der Waals surface area contributed by atoms with E-state index in [1.807, 2.05) is 13.8 Å². The van der Waals surface area contributed by atoms with E-state index in [-0.39, 0.29) is 40.5 Å². The minimum atomic E-state index is -0.740. The normalized spacial score (nSPS) is 10.6. The molecular weight excluding hydrogens is 364 g/mol. The van der Waals surface area contributed by atoms with Crippen molar-refractivity contribution >= 4 is 17.6 Å². The third-order valence-corrected chi connectivity index (χ3v) is 4.07. The molecule has 0 saturated heterocycles. The van der Waals surface area contributed by atoms with Crippen molar-refractivity contribution in [3.8, 4) is 11.1 Å². The number of carbonyl (C=O) groups excluding carboxylic acids is 2. The third-order valence-electron chi connectivity index (χ3n) is 4.07. The van der Waals surface area contributed by atoms with Gasteiger partial charge in [-0.3, -0.25) is 15.1 Å². The van der Waals surface area contributed by atoms with E-state index in [0.717, 1.165) is 0 Å². The van der Waals surface area contributed by atoms with Crippen LogP contribution in [0.2, 0.25) is 0 Å². The molecule has 8 heteroatoms. The number of pyridine rings is 1. The Morgan fingerprint density at radius 2 is 1.68 bits per heavy atom. The lowest BCUT2D eigenvalue weighted by atomic mass is 9.91. The van der Waals surface area contributed by atoms with Gasteiger partial charge in [-0.2, -0.15) is 0 Å². The Hall–Kier alpha value is -3.29. The topological polar surface area (TPSA) is 109 Å². The number of nitrogens with zero attached hydrogens (tertiary/aromatic N) is 2. The van der Waals surface area contributed by atoms with E-state index in [9.17, 15) is 19.7 Å². The average Bonchev–Trinajstić information content (AvgIpc) is 2.64. The van der Waals surface area contributed by atoms with E-state index in [1.54, 1.807) is 19.9 Å². The number of esters is 2. The molecule has 0 atom stereocenters. The molecule has 0 N–H and O–H groups in total. The molecule has 2 rings (SSSR count). The quantitative estimate of drug-likeness (QED) is 0.421. The van der Waals surface area contributed by atoms with Gasteiger partial charge in [-0.15, -0.1) is 0 Å². The second-order valence-electron chi connectivity index (χ2n) is 6.67. The molecule has 0 fully saturated rings. The first kappa shape index (κ1) is 21.0. The Kier molecular flexibility index (Phi) is 6.45. The van der Waals surface area contributed by atoms with Crippen molar-refractivity contribution in [1.29, 1.82) is 0 Å². The van der Waals surface area contributed by atoms with Crippen LogP contribution in [0.1, 0.15) is 46.0 Å². The fourth-order valence-electron chi connectivity index (χ4n) is 2.88. The molecule has 0 spiro atoms. The number of rotatable bonds is 6. The number of aryl methyl sites for hydroxylation is 2. The maximum absolute atomic E-state index is 12.8. The summed E-state index contributed by atoms with van der Waals surface area (Å²) in [4.78, 5) is 40.6. The molecule has 1 aromatic carbocycles. The van der Waals surface area contributed by atoms with Gasteiger partial charge in [0.15, 0.2) is 0 Å². The van der Waals surface area contributed by atoms with Gasteiger partial charge in [0.2, 0.25) is 0 Å². The number of aromatic nitrogens is 1. The Bertz CT molecular complexity index is 937. The number of hydrogen-bond acceptors (Lipinski definition) is 7. The smallest absolute Gasteiger partial charge is 0.340 e. The van der Waals surface area contributed by atoms with Gasteiger partial charge in [0, 0.05) is 11.6 Å². The molecule has 28 heavy (non-hydrogen) atoms. The van der Waals surface area contributed by atoms with E-state index in [2.05, 4.69) is 4.98 Å². The molecule has 0 amide bonds. The van der Waals surface area contributed by atoms with Crippen LogP contribution >= 0.6 is 0 Å². The second kappa shape index (κ2) is 8.60. The largest absolute Gasteiger partial charge is 0.465 e. The highest BCUT2D eigenvalue weighted by Gasteiger charge is 2.31.